The SMILES string of the molecule is CCC(CC)CN(C)CCCN(C)C(=O)Cc1ccc2cccnc2c1. The zero-order valence-electron chi connectivity index (χ0n) is 16.7. The predicted octanol–water partition coefficient (Wildman–Crippen LogP) is 3.99. The molecule has 1 aromatic heterocycles. The van der Waals surface area contributed by atoms with Gasteiger partial charge in [0.2, 0.25) is 5.91 Å². The number of amides is 1. The molecule has 2 rings (SSSR count). The van der Waals surface area contributed by atoms with Crippen LogP contribution < -0.4 is 0 Å². The van der Waals surface area contributed by atoms with Crippen molar-refractivity contribution in [1.82, 2.24) is 14.8 Å². The van der Waals surface area contributed by atoms with E-state index in [9.17, 15) is 4.79 Å². The molecule has 0 atom stereocenters. The van der Waals surface area contributed by atoms with Crippen molar-refractivity contribution in [1.29, 1.82) is 0 Å². The number of fused-ring (bicyclic) bond motifs is 1. The van der Waals surface area contributed by atoms with Gasteiger partial charge in [0.1, 0.15) is 0 Å². The Hall–Kier alpha value is -1.94. The molecule has 0 bridgehead atoms. The lowest BCUT2D eigenvalue weighted by atomic mass is 10.0. The Morgan fingerprint density at radius 2 is 1.88 bits per heavy atom. The minimum Gasteiger partial charge on any atom is -0.345 e. The molecule has 0 spiro atoms. The molecule has 4 heteroatoms. The lowest BCUT2D eigenvalue weighted by molar-refractivity contribution is -0.129. The van der Waals surface area contributed by atoms with Crippen molar-refractivity contribution >= 4 is 16.8 Å². The highest BCUT2D eigenvalue weighted by Crippen LogP contribution is 2.14. The first-order valence-corrected chi connectivity index (χ1v) is 9.79. The number of benzene rings is 1. The first kappa shape index (κ1) is 20.4. The van der Waals surface area contributed by atoms with E-state index >= 15 is 0 Å². The molecule has 142 valence electrons. The van der Waals surface area contributed by atoms with Crippen LogP contribution in [0.1, 0.15) is 38.7 Å². The Balaban J connectivity index is 1.78. The van der Waals surface area contributed by atoms with Gasteiger partial charge in [-0.2, -0.15) is 0 Å². The van der Waals surface area contributed by atoms with Crippen molar-refractivity contribution in [3.63, 3.8) is 0 Å². The average molecular weight is 356 g/mol. The number of aromatic nitrogens is 1. The summed E-state index contributed by atoms with van der Waals surface area (Å²) >= 11 is 0. The van der Waals surface area contributed by atoms with E-state index in [-0.39, 0.29) is 5.91 Å². The molecule has 0 aliphatic carbocycles. The fraction of sp³-hybridized carbons (Fsp3) is 0.545. The molecule has 0 aliphatic rings. The van der Waals surface area contributed by atoms with E-state index in [0.29, 0.717) is 6.42 Å². The maximum Gasteiger partial charge on any atom is 0.226 e. The number of nitrogens with zero attached hydrogens (tertiary/aromatic N) is 3. The molecule has 2 aromatic rings. The summed E-state index contributed by atoms with van der Waals surface area (Å²) in [5.74, 6) is 0.948. The Bertz CT molecular complexity index is 697. The number of pyridine rings is 1. The van der Waals surface area contributed by atoms with Gasteiger partial charge in [-0.15, -0.1) is 0 Å². The fourth-order valence-electron chi connectivity index (χ4n) is 3.31. The van der Waals surface area contributed by atoms with Gasteiger partial charge < -0.3 is 9.80 Å². The molecule has 4 nitrogen and oxygen atoms in total. The van der Waals surface area contributed by atoms with Gasteiger partial charge in [0.05, 0.1) is 11.9 Å². The summed E-state index contributed by atoms with van der Waals surface area (Å²) < 4.78 is 0. The average Bonchev–Trinajstić information content (AvgIpc) is 2.65. The summed E-state index contributed by atoms with van der Waals surface area (Å²) in [4.78, 5) is 21.1. The summed E-state index contributed by atoms with van der Waals surface area (Å²) in [5, 5.41) is 1.11. The van der Waals surface area contributed by atoms with Crippen LogP contribution in [-0.4, -0.2) is 54.4 Å². The molecule has 1 amide bonds. The standard InChI is InChI=1S/C22H33N3O/c1-5-18(6-2)17-24(3)13-8-14-25(4)22(26)16-19-10-11-20-9-7-12-23-21(20)15-19/h7,9-12,15,18H,5-6,8,13-14,16-17H2,1-4H3. The van der Waals surface area contributed by atoms with Crippen molar-refractivity contribution in [2.24, 2.45) is 5.92 Å². The predicted molar refractivity (Wildman–Crippen MR) is 109 cm³/mol. The number of likely N-dealkylation sites (N-methyl/N-ethyl adjacent to an activating group) is 1. The Kier molecular flexibility index (Phi) is 8.05. The first-order valence-electron chi connectivity index (χ1n) is 9.79. The highest BCUT2D eigenvalue weighted by molar-refractivity contribution is 5.82. The normalized spacial score (nSPS) is 11.5. The molecule has 0 saturated carbocycles. The summed E-state index contributed by atoms with van der Waals surface area (Å²) in [6, 6.07) is 10.1. The molecule has 0 fully saturated rings. The minimum atomic E-state index is 0.169. The second kappa shape index (κ2) is 10.3. The number of hydrogen-bond acceptors (Lipinski definition) is 3. The molecular weight excluding hydrogens is 322 g/mol. The summed E-state index contributed by atoms with van der Waals surface area (Å²) in [6.07, 6.45) is 5.71. The largest absolute Gasteiger partial charge is 0.345 e. The van der Waals surface area contributed by atoms with Crippen LogP contribution in [0.15, 0.2) is 36.5 Å². The van der Waals surface area contributed by atoms with Crippen LogP contribution >= 0.6 is 0 Å². The smallest absolute Gasteiger partial charge is 0.226 e. The van der Waals surface area contributed by atoms with Crippen molar-refractivity contribution in [2.75, 3.05) is 33.7 Å². The van der Waals surface area contributed by atoms with Gasteiger partial charge in [-0.1, -0.05) is 44.9 Å². The topological polar surface area (TPSA) is 36.4 Å². The minimum absolute atomic E-state index is 0.169. The van der Waals surface area contributed by atoms with E-state index in [4.69, 9.17) is 0 Å². The summed E-state index contributed by atoms with van der Waals surface area (Å²) in [7, 11) is 4.09. The monoisotopic (exact) mass is 355 g/mol. The number of carbonyl (C=O) groups excluding carboxylic acids is 1. The summed E-state index contributed by atoms with van der Waals surface area (Å²) in [5.41, 5.74) is 1.97. The van der Waals surface area contributed by atoms with Gasteiger partial charge in [-0.3, -0.25) is 9.78 Å². The van der Waals surface area contributed by atoms with Gasteiger partial charge in [0, 0.05) is 31.7 Å². The number of hydrogen-bond donors (Lipinski definition) is 0. The molecule has 0 aliphatic heterocycles. The van der Waals surface area contributed by atoms with Crippen LogP contribution in [-0.2, 0) is 11.2 Å². The Morgan fingerprint density at radius 3 is 2.62 bits per heavy atom. The van der Waals surface area contributed by atoms with Gasteiger partial charge in [-0.25, -0.2) is 0 Å². The third kappa shape index (κ3) is 6.10. The van der Waals surface area contributed by atoms with Crippen molar-refractivity contribution in [3.8, 4) is 0 Å². The molecular formula is C22H33N3O. The van der Waals surface area contributed by atoms with Crippen LogP contribution in [0.25, 0.3) is 10.9 Å². The van der Waals surface area contributed by atoms with Crippen molar-refractivity contribution in [3.05, 3.63) is 42.1 Å². The van der Waals surface area contributed by atoms with Crippen LogP contribution in [0.4, 0.5) is 0 Å². The molecule has 26 heavy (non-hydrogen) atoms. The zero-order valence-corrected chi connectivity index (χ0v) is 16.7. The molecule has 1 heterocycles. The van der Waals surface area contributed by atoms with Gasteiger partial charge in [0.25, 0.3) is 0 Å². The van der Waals surface area contributed by atoms with Crippen molar-refractivity contribution in [2.45, 2.75) is 39.5 Å². The third-order valence-electron chi connectivity index (χ3n) is 5.21. The first-order chi connectivity index (χ1) is 12.5. The van der Waals surface area contributed by atoms with E-state index in [1.54, 1.807) is 6.20 Å². The van der Waals surface area contributed by atoms with E-state index in [2.05, 4.69) is 30.8 Å². The van der Waals surface area contributed by atoms with Gasteiger partial charge in [0.15, 0.2) is 0 Å². The van der Waals surface area contributed by atoms with Gasteiger partial charge in [-0.05, 0) is 43.6 Å². The Morgan fingerprint density at radius 1 is 1.12 bits per heavy atom. The molecule has 1 aromatic carbocycles. The summed E-state index contributed by atoms with van der Waals surface area (Å²) in [6.45, 7) is 7.51. The highest BCUT2D eigenvalue weighted by atomic mass is 16.2. The molecule has 0 saturated heterocycles. The van der Waals surface area contributed by atoms with Crippen LogP contribution in [0.3, 0.4) is 0 Å². The van der Waals surface area contributed by atoms with Crippen molar-refractivity contribution < 1.29 is 4.79 Å². The molecule has 0 N–H and O–H groups in total. The fourth-order valence-corrected chi connectivity index (χ4v) is 3.31. The number of carbonyl (C=O) groups is 1. The van der Waals surface area contributed by atoms with Crippen LogP contribution in [0, 0.1) is 5.92 Å². The highest BCUT2D eigenvalue weighted by Gasteiger charge is 2.12. The van der Waals surface area contributed by atoms with E-state index < -0.39 is 0 Å². The molecule has 0 radical (unpaired) electrons. The zero-order chi connectivity index (χ0) is 18.9. The van der Waals surface area contributed by atoms with E-state index in [1.165, 1.54) is 12.8 Å². The quantitative estimate of drug-likeness (QED) is 0.646. The van der Waals surface area contributed by atoms with E-state index in [0.717, 1.165) is 48.4 Å². The lowest BCUT2D eigenvalue weighted by Gasteiger charge is -2.24. The maximum atomic E-state index is 12.5. The lowest BCUT2D eigenvalue weighted by Crippen LogP contribution is -2.32. The Labute approximate surface area is 158 Å². The maximum absolute atomic E-state index is 12.5. The van der Waals surface area contributed by atoms with Crippen LogP contribution in [0.2, 0.25) is 0 Å². The number of rotatable bonds is 10. The van der Waals surface area contributed by atoms with Crippen LogP contribution in [0.5, 0.6) is 0 Å². The third-order valence-corrected chi connectivity index (χ3v) is 5.21. The second-order valence-corrected chi connectivity index (χ2v) is 7.32. The molecule has 0 unspecified atom stereocenters. The van der Waals surface area contributed by atoms with E-state index in [1.807, 2.05) is 42.3 Å². The second-order valence-electron chi connectivity index (χ2n) is 7.32. The van der Waals surface area contributed by atoms with Gasteiger partial charge >= 0.3 is 0 Å².